The predicted octanol–water partition coefficient (Wildman–Crippen LogP) is 5.19. The molecular weight excluding hydrogens is 318 g/mol. The number of nitrogens with one attached hydrogen (secondary N) is 1. The molecule has 0 fully saturated rings. The average Bonchev–Trinajstić information content (AvgIpc) is 2.41. The van der Waals surface area contributed by atoms with E-state index < -0.39 is 0 Å². The average molecular weight is 336 g/mol. The highest BCUT2D eigenvalue weighted by molar-refractivity contribution is 9.10. The minimum Gasteiger partial charge on any atom is -0.313 e. The van der Waals surface area contributed by atoms with Gasteiger partial charge in [0.15, 0.2) is 0 Å². The van der Waals surface area contributed by atoms with E-state index in [4.69, 9.17) is 0 Å². The van der Waals surface area contributed by atoms with Gasteiger partial charge in [-0.1, -0.05) is 51.5 Å². The molecule has 1 N–H and O–H groups in total. The largest absolute Gasteiger partial charge is 0.313 e. The second kappa shape index (κ2) is 6.60. The van der Waals surface area contributed by atoms with E-state index in [1.54, 1.807) is 0 Å². The lowest BCUT2D eigenvalue weighted by Crippen LogP contribution is -2.13. The molecule has 2 aromatic rings. The van der Waals surface area contributed by atoms with Crippen LogP contribution < -0.4 is 5.32 Å². The standard InChI is InChI=1S/C16H18BrNS/c1-11-4-7-14(8-5-11)19-16-10-13(17)6-9-15(16)12(2)18-3/h4-10,12,18H,1-3H3. The topological polar surface area (TPSA) is 12.0 Å². The van der Waals surface area contributed by atoms with Crippen LogP contribution in [0.4, 0.5) is 0 Å². The van der Waals surface area contributed by atoms with Crippen molar-refractivity contribution in [1.82, 2.24) is 5.32 Å². The molecule has 0 aliphatic rings. The van der Waals surface area contributed by atoms with Gasteiger partial charge in [-0.2, -0.15) is 0 Å². The fourth-order valence-corrected chi connectivity index (χ4v) is 3.43. The van der Waals surface area contributed by atoms with E-state index in [1.165, 1.54) is 20.9 Å². The summed E-state index contributed by atoms with van der Waals surface area (Å²) in [5, 5.41) is 3.31. The van der Waals surface area contributed by atoms with Crippen molar-refractivity contribution in [3.05, 3.63) is 58.1 Å². The maximum absolute atomic E-state index is 3.56. The van der Waals surface area contributed by atoms with Gasteiger partial charge >= 0.3 is 0 Å². The first-order valence-corrected chi connectivity index (χ1v) is 7.92. The summed E-state index contributed by atoms with van der Waals surface area (Å²) in [7, 11) is 1.99. The monoisotopic (exact) mass is 335 g/mol. The fraction of sp³-hybridized carbons (Fsp3) is 0.250. The van der Waals surface area contributed by atoms with Gasteiger partial charge in [0.25, 0.3) is 0 Å². The molecule has 1 unspecified atom stereocenters. The predicted molar refractivity (Wildman–Crippen MR) is 86.9 cm³/mol. The maximum Gasteiger partial charge on any atom is 0.0300 e. The number of hydrogen-bond donors (Lipinski definition) is 1. The summed E-state index contributed by atoms with van der Waals surface area (Å²) >= 11 is 5.37. The van der Waals surface area contributed by atoms with Crippen LogP contribution in [0, 0.1) is 6.92 Å². The molecule has 2 rings (SSSR count). The number of rotatable bonds is 4. The quantitative estimate of drug-likeness (QED) is 0.825. The van der Waals surface area contributed by atoms with E-state index >= 15 is 0 Å². The molecule has 0 aliphatic carbocycles. The van der Waals surface area contributed by atoms with Gasteiger partial charge in [0.1, 0.15) is 0 Å². The Bertz CT molecular complexity index is 551. The van der Waals surface area contributed by atoms with Crippen LogP contribution in [0.2, 0.25) is 0 Å². The zero-order valence-electron chi connectivity index (χ0n) is 11.4. The first kappa shape index (κ1) is 14.6. The van der Waals surface area contributed by atoms with E-state index in [2.05, 4.69) is 77.6 Å². The third kappa shape index (κ3) is 3.85. The van der Waals surface area contributed by atoms with Gasteiger partial charge in [-0.25, -0.2) is 0 Å². The van der Waals surface area contributed by atoms with Crippen LogP contribution >= 0.6 is 27.7 Å². The van der Waals surface area contributed by atoms with Gasteiger partial charge in [-0.3, -0.25) is 0 Å². The van der Waals surface area contributed by atoms with Crippen LogP contribution in [0.5, 0.6) is 0 Å². The summed E-state index contributed by atoms with van der Waals surface area (Å²) in [6.45, 7) is 4.30. The van der Waals surface area contributed by atoms with Gasteiger partial charge in [0, 0.05) is 20.3 Å². The fourth-order valence-electron chi connectivity index (χ4n) is 1.84. The van der Waals surface area contributed by atoms with E-state index in [9.17, 15) is 0 Å². The lowest BCUT2D eigenvalue weighted by molar-refractivity contribution is 0.641. The zero-order chi connectivity index (χ0) is 13.8. The summed E-state index contributed by atoms with van der Waals surface area (Å²) in [5.41, 5.74) is 2.62. The maximum atomic E-state index is 3.56. The Morgan fingerprint density at radius 3 is 2.42 bits per heavy atom. The van der Waals surface area contributed by atoms with Gasteiger partial charge in [0.2, 0.25) is 0 Å². The van der Waals surface area contributed by atoms with Crippen LogP contribution in [0.25, 0.3) is 0 Å². The zero-order valence-corrected chi connectivity index (χ0v) is 13.8. The molecule has 0 aromatic heterocycles. The minimum absolute atomic E-state index is 0.348. The lowest BCUT2D eigenvalue weighted by Gasteiger charge is -2.16. The number of hydrogen-bond acceptors (Lipinski definition) is 2. The Morgan fingerprint density at radius 1 is 1.11 bits per heavy atom. The van der Waals surface area contributed by atoms with Crippen LogP contribution in [0.15, 0.2) is 56.7 Å². The first-order chi connectivity index (χ1) is 9.10. The Kier molecular flexibility index (Phi) is 5.08. The van der Waals surface area contributed by atoms with E-state index in [1.807, 2.05) is 18.8 Å². The van der Waals surface area contributed by atoms with Crippen LogP contribution in [0.3, 0.4) is 0 Å². The Balaban J connectivity index is 2.32. The molecule has 0 heterocycles. The SMILES string of the molecule is CNC(C)c1ccc(Br)cc1Sc1ccc(C)cc1. The van der Waals surface area contributed by atoms with Crippen molar-refractivity contribution in [2.24, 2.45) is 0 Å². The highest BCUT2D eigenvalue weighted by Gasteiger charge is 2.10. The van der Waals surface area contributed by atoms with Crippen LogP contribution in [-0.4, -0.2) is 7.05 Å². The van der Waals surface area contributed by atoms with Crippen molar-refractivity contribution >= 4 is 27.7 Å². The number of benzene rings is 2. The highest BCUT2D eigenvalue weighted by Crippen LogP contribution is 2.35. The first-order valence-electron chi connectivity index (χ1n) is 6.31. The van der Waals surface area contributed by atoms with Crippen molar-refractivity contribution in [3.8, 4) is 0 Å². The molecule has 0 spiro atoms. The van der Waals surface area contributed by atoms with E-state index in [0.29, 0.717) is 6.04 Å². The van der Waals surface area contributed by atoms with Crippen molar-refractivity contribution < 1.29 is 0 Å². The molecule has 0 radical (unpaired) electrons. The Hall–Kier alpha value is -0.770. The van der Waals surface area contributed by atoms with Gasteiger partial charge in [0.05, 0.1) is 0 Å². The molecule has 100 valence electrons. The second-order valence-electron chi connectivity index (χ2n) is 4.61. The summed E-state index contributed by atoms with van der Waals surface area (Å²) in [6, 6.07) is 15.5. The molecule has 0 saturated heterocycles. The van der Waals surface area contributed by atoms with Gasteiger partial charge in [-0.15, -0.1) is 0 Å². The van der Waals surface area contributed by atoms with Crippen molar-refractivity contribution in [3.63, 3.8) is 0 Å². The summed E-state index contributed by atoms with van der Waals surface area (Å²) in [4.78, 5) is 2.56. The third-order valence-corrected chi connectivity index (χ3v) is 4.70. The number of halogens is 1. The van der Waals surface area contributed by atoms with E-state index in [-0.39, 0.29) is 0 Å². The number of aryl methyl sites for hydroxylation is 1. The molecule has 19 heavy (non-hydrogen) atoms. The smallest absolute Gasteiger partial charge is 0.0300 e. The van der Waals surface area contributed by atoms with Crippen LogP contribution in [-0.2, 0) is 0 Å². The summed E-state index contributed by atoms with van der Waals surface area (Å²) in [5.74, 6) is 0. The molecular formula is C16H18BrNS. The highest BCUT2D eigenvalue weighted by atomic mass is 79.9. The molecule has 0 bridgehead atoms. The van der Waals surface area contributed by atoms with Crippen LogP contribution in [0.1, 0.15) is 24.1 Å². The lowest BCUT2D eigenvalue weighted by atomic mass is 10.1. The molecule has 0 amide bonds. The van der Waals surface area contributed by atoms with Crippen molar-refractivity contribution in [1.29, 1.82) is 0 Å². The van der Waals surface area contributed by atoms with Gasteiger partial charge in [-0.05, 0) is 50.7 Å². The molecule has 3 heteroatoms. The van der Waals surface area contributed by atoms with Crippen molar-refractivity contribution in [2.75, 3.05) is 7.05 Å². The van der Waals surface area contributed by atoms with Crippen molar-refractivity contribution in [2.45, 2.75) is 29.7 Å². The minimum atomic E-state index is 0.348. The summed E-state index contributed by atoms with van der Waals surface area (Å²) < 4.78 is 1.12. The molecule has 2 aromatic carbocycles. The molecule has 0 aliphatic heterocycles. The summed E-state index contributed by atoms with van der Waals surface area (Å²) in [6.07, 6.45) is 0. The van der Waals surface area contributed by atoms with Gasteiger partial charge < -0.3 is 5.32 Å². The molecule has 1 nitrogen and oxygen atoms in total. The molecule has 1 atom stereocenters. The normalized spacial score (nSPS) is 12.4. The molecule has 0 saturated carbocycles. The van der Waals surface area contributed by atoms with E-state index in [0.717, 1.165) is 4.47 Å². The second-order valence-corrected chi connectivity index (χ2v) is 6.64. The third-order valence-electron chi connectivity index (χ3n) is 3.12. The Morgan fingerprint density at radius 2 is 1.79 bits per heavy atom. The Labute approximate surface area is 127 Å².